The first-order valence-corrected chi connectivity index (χ1v) is 7.04. The summed E-state index contributed by atoms with van der Waals surface area (Å²) in [6.07, 6.45) is 1.69. The topological polar surface area (TPSA) is 107 Å². The van der Waals surface area contributed by atoms with Crippen molar-refractivity contribution in [1.82, 2.24) is 9.97 Å². The number of nitrogens with zero attached hydrogens (tertiary/aromatic N) is 2. The third-order valence-corrected chi connectivity index (χ3v) is 3.30. The van der Waals surface area contributed by atoms with Crippen LogP contribution >= 0.6 is 0 Å². The number of amides is 1. The predicted molar refractivity (Wildman–Crippen MR) is 85.9 cm³/mol. The van der Waals surface area contributed by atoms with Gasteiger partial charge in [-0.1, -0.05) is 18.2 Å². The fourth-order valence-corrected chi connectivity index (χ4v) is 2.01. The minimum Gasteiger partial charge on any atom is -0.448 e. The van der Waals surface area contributed by atoms with Crippen LogP contribution in [0.5, 0.6) is 0 Å². The Hall–Kier alpha value is -2.96. The van der Waals surface area contributed by atoms with Gasteiger partial charge in [0, 0.05) is 18.1 Å². The van der Waals surface area contributed by atoms with E-state index >= 15 is 0 Å². The van der Waals surface area contributed by atoms with Gasteiger partial charge < -0.3 is 15.8 Å². The molecule has 1 unspecified atom stereocenters. The number of nitrogens with one attached hydrogen (secondary N) is 1. The van der Waals surface area contributed by atoms with Crippen molar-refractivity contribution in [3.05, 3.63) is 47.4 Å². The zero-order valence-electron chi connectivity index (χ0n) is 13.2. The number of aromatic nitrogens is 2. The van der Waals surface area contributed by atoms with E-state index in [9.17, 15) is 9.59 Å². The minimum absolute atomic E-state index is 0.0418. The molecule has 1 amide bonds. The van der Waals surface area contributed by atoms with E-state index in [0.717, 1.165) is 11.1 Å². The first-order chi connectivity index (χ1) is 10.9. The average molecular weight is 314 g/mol. The van der Waals surface area contributed by atoms with Crippen molar-refractivity contribution in [2.24, 2.45) is 0 Å². The Morgan fingerprint density at radius 2 is 1.78 bits per heavy atom. The number of carbonyl (C=O) groups excluding carboxylic acids is 2. The molecule has 0 fully saturated rings. The number of rotatable bonds is 4. The van der Waals surface area contributed by atoms with Gasteiger partial charge in [-0.2, -0.15) is 0 Å². The second-order valence-electron chi connectivity index (χ2n) is 5.09. The van der Waals surface area contributed by atoms with Crippen molar-refractivity contribution < 1.29 is 14.3 Å². The highest BCUT2D eigenvalue weighted by molar-refractivity contribution is 5.98. The summed E-state index contributed by atoms with van der Waals surface area (Å²) in [6, 6.07) is 5.68. The van der Waals surface area contributed by atoms with Gasteiger partial charge in [-0.15, -0.1) is 0 Å². The molecule has 1 atom stereocenters. The van der Waals surface area contributed by atoms with Crippen molar-refractivity contribution in [1.29, 1.82) is 0 Å². The lowest BCUT2D eigenvalue weighted by Crippen LogP contribution is -2.31. The largest absolute Gasteiger partial charge is 0.448 e. The molecular formula is C16H18N4O3. The second-order valence-corrected chi connectivity index (χ2v) is 5.09. The molecule has 0 spiro atoms. The van der Waals surface area contributed by atoms with E-state index in [2.05, 4.69) is 15.3 Å². The number of carbonyl (C=O) groups is 2. The molecule has 1 aromatic heterocycles. The number of esters is 1. The minimum atomic E-state index is -0.997. The summed E-state index contributed by atoms with van der Waals surface area (Å²) < 4.78 is 5.10. The number of nitrogens with two attached hydrogens (primary N) is 1. The molecule has 0 aliphatic carbocycles. The van der Waals surface area contributed by atoms with Gasteiger partial charge in [-0.05, 0) is 31.9 Å². The smallest absolute Gasteiger partial charge is 0.361 e. The molecule has 0 aliphatic rings. The van der Waals surface area contributed by atoms with E-state index in [4.69, 9.17) is 10.5 Å². The van der Waals surface area contributed by atoms with Gasteiger partial charge >= 0.3 is 5.97 Å². The number of aryl methyl sites for hydroxylation is 2. The zero-order chi connectivity index (χ0) is 17.0. The SMILES string of the molecule is Cc1cccc(C)c1NC(=O)C(C)OC(=O)c1nccnc1N. The van der Waals surface area contributed by atoms with Crippen LogP contribution in [0, 0.1) is 13.8 Å². The van der Waals surface area contributed by atoms with Crippen molar-refractivity contribution in [2.45, 2.75) is 26.9 Å². The zero-order valence-corrected chi connectivity index (χ0v) is 13.2. The molecule has 0 aliphatic heterocycles. The third kappa shape index (κ3) is 3.82. The Balaban J connectivity index is 2.06. The number of nitrogen functional groups attached to an aromatic ring is 1. The summed E-state index contributed by atoms with van der Waals surface area (Å²) in [5, 5.41) is 2.77. The molecule has 2 rings (SSSR count). The fourth-order valence-electron chi connectivity index (χ4n) is 2.01. The normalized spacial score (nSPS) is 11.6. The summed E-state index contributed by atoms with van der Waals surface area (Å²) in [6.45, 7) is 5.26. The van der Waals surface area contributed by atoms with Crippen LogP contribution < -0.4 is 11.1 Å². The molecule has 1 heterocycles. The van der Waals surface area contributed by atoms with E-state index in [-0.39, 0.29) is 11.5 Å². The molecule has 120 valence electrons. The van der Waals surface area contributed by atoms with Crippen LogP contribution in [0.25, 0.3) is 0 Å². The van der Waals surface area contributed by atoms with Crippen molar-refractivity contribution in [3.63, 3.8) is 0 Å². The standard InChI is InChI=1S/C16H18N4O3/c1-9-5-4-6-10(2)12(9)20-15(21)11(3)23-16(22)13-14(17)19-8-7-18-13/h4-8,11H,1-3H3,(H2,17,19)(H,20,21). The van der Waals surface area contributed by atoms with Gasteiger partial charge in [0.1, 0.15) is 0 Å². The number of para-hydroxylation sites is 1. The van der Waals surface area contributed by atoms with Gasteiger partial charge in [-0.25, -0.2) is 14.8 Å². The average Bonchev–Trinajstić information content (AvgIpc) is 2.51. The van der Waals surface area contributed by atoms with Gasteiger partial charge in [-0.3, -0.25) is 4.79 Å². The highest BCUT2D eigenvalue weighted by Crippen LogP contribution is 2.20. The van der Waals surface area contributed by atoms with E-state index in [0.29, 0.717) is 5.69 Å². The summed E-state index contributed by atoms with van der Waals surface area (Å²) in [4.78, 5) is 31.8. The molecule has 0 saturated heterocycles. The summed E-state index contributed by atoms with van der Waals surface area (Å²) in [7, 11) is 0. The number of hydrogen-bond donors (Lipinski definition) is 2. The quantitative estimate of drug-likeness (QED) is 0.834. The first kappa shape index (κ1) is 16.4. The monoisotopic (exact) mass is 314 g/mol. The summed E-state index contributed by atoms with van der Waals surface area (Å²) in [5.41, 5.74) is 8.01. The Kier molecular flexibility index (Phi) is 4.90. The number of anilines is 2. The third-order valence-electron chi connectivity index (χ3n) is 3.30. The first-order valence-electron chi connectivity index (χ1n) is 7.04. The number of benzene rings is 1. The van der Waals surface area contributed by atoms with Crippen molar-refractivity contribution >= 4 is 23.4 Å². The maximum atomic E-state index is 12.2. The van der Waals surface area contributed by atoms with Crippen LogP contribution in [0.3, 0.4) is 0 Å². The Morgan fingerprint density at radius 3 is 2.39 bits per heavy atom. The molecule has 0 bridgehead atoms. The van der Waals surface area contributed by atoms with Crippen LogP contribution in [-0.4, -0.2) is 27.9 Å². The van der Waals surface area contributed by atoms with Crippen LogP contribution in [0.4, 0.5) is 11.5 Å². The predicted octanol–water partition coefficient (Wildman–Crippen LogP) is 1.86. The summed E-state index contributed by atoms with van der Waals surface area (Å²) in [5.74, 6) is -1.27. The highest BCUT2D eigenvalue weighted by Gasteiger charge is 2.22. The molecule has 7 nitrogen and oxygen atoms in total. The molecule has 23 heavy (non-hydrogen) atoms. The lowest BCUT2D eigenvalue weighted by atomic mass is 10.1. The molecule has 7 heteroatoms. The highest BCUT2D eigenvalue weighted by atomic mass is 16.5. The molecule has 0 saturated carbocycles. The van der Waals surface area contributed by atoms with Crippen LogP contribution in [0.1, 0.15) is 28.5 Å². The second kappa shape index (κ2) is 6.87. The molecule has 3 N–H and O–H groups in total. The van der Waals surface area contributed by atoms with E-state index < -0.39 is 18.0 Å². The lowest BCUT2D eigenvalue weighted by Gasteiger charge is -2.16. The number of ether oxygens (including phenoxy) is 1. The Morgan fingerprint density at radius 1 is 1.17 bits per heavy atom. The lowest BCUT2D eigenvalue weighted by molar-refractivity contribution is -0.123. The van der Waals surface area contributed by atoms with Crippen LogP contribution in [0.15, 0.2) is 30.6 Å². The van der Waals surface area contributed by atoms with Gasteiger partial charge in [0.2, 0.25) is 0 Å². The summed E-state index contributed by atoms with van der Waals surface area (Å²) >= 11 is 0. The van der Waals surface area contributed by atoms with Gasteiger partial charge in [0.05, 0.1) is 0 Å². The molecular weight excluding hydrogens is 296 g/mol. The van der Waals surface area contributed by atoms with E-state index in [1.165, 1.54) is 19.3 Å². The van der Waals surface area contributed by atoms with Crippen molar-refractivity contribution in [3.8, 4) is 0 Å². The Labute approximate surface area is 133 Å². The molecule has 1 aromatic carbocycles. The van der Waals surface area contributed by atoms with Crippen LogP contribution in [0.2, 0.25) is 0 Å². The molecule has 0 radical (unpaired) electrons. The Bertz CT molecular complexity index is 726. The number of hydrogen-bond acceptors (Lipinski definition) is 6. The van der Waals surface area contributed by atoms with E-state index in [1.54, 1.807) is 0 Å². The maximum absolute atomic E-state index is 12.2. The van der Waals surface area contributed by atoms with Crippen LogP contribution in [-0.2, 0) is 9.53 Å². The van der Waals surface area contributed by atoms with Crippen molar-refractivity contribution in [2.75, 3.05) is 11.1 Å². The fraction of sp³-hybridized carbons (Fsp3) is 0.250. The van der Waals surface area contributed by atoms with Gasteiger partial charge in [0.25, 0.3) is 5.91 Å². The molecule has 2 aromatic rings. The maximum Gasteiger partial charge on any atom is 0.361 e. The van der Waals surface area contributed by atoms with Gasteiger partial charge in [0.15, 0.2) is 17.6 Å². The van der Waals surface area contributed by atoms with E-state index in [1.807, 2.05) is 32.0 Å².